The number of carbonyl (C=O) groups is 3. The number of carbonyl (C=O) groups excluding carboxylic acids is 3. The van der Waals surface area contributed by atoms with Crippen molar-refractivity contribution in [3.63, 3.8) is 0 Å². The van der Waals surface area contributed by atoms with Crippen LogP contribution in [0.4, 0.5) is 5.69 Å². The molecule has 0 aliphatic carbocycles. The van der Waals surface area contributed by atoms with Gasteiger partial charge in [-0.05, 0) is 48.6 Å². The standard InChI is InChI=1S/C29H46N4O3/c1-7-22(2)19-30-25(34)20-32-21-33(24-11-9-8-10-12-24)29(27(32)36)13-15-31(16-14-29)26(35)17-23(3)18-28(4,5)6/h8-12,22-23H,7,13-21H2,1-6H3,(H,30,34). The van der Waals surface area contributed by atoms with Crippen LogP contribution in [0.2, 0.25) is 0 Å². The zero-order valence-corrected chi connectivity index (χ0v) is 23.2. The van der Waals surface area contributed by atoms with Crippen LogP contribution in [0.1, 0.15) is 73.6 Å². The lowest BCUT2D eigenvalue weighted by molar-refractivity contribution is -0.140. The monoisotopic (exact) mass is 498 g/mol. The predicted molar refractivity (Wildman–Crippen MR) is 144 cm³/mol. The number of hydrogen-bond acceptors (Lipinski definition) is 4. The molecule has 36 heavy (non-hydrogen) atoms. The minimum atomic E-state index is -0.716. The molecule has 3 rings (SSSR count). The molecule has 2 saturated heterocycles. The van der Waals surface area contributed by atoms with Crippen LogP contribution in [-0.4, -0.2) is 65.9 Å². The van der Waals surface area contributed by atoms with E-state index in [1.807, 2.05) is 35.2 Å². The molecule has 0 saturated carbocycles. The number of amides is 3. The number of likely N-dealkylation sites (tertiary alicyclic amines) is 1. The van der Waals surface area contributed by atoms with E-state index < -0.39 is 5.54 Å². The van der Waals surface area contributed by atoms with Crippen LogP contribution in [0.15, 0.2) is 30.3 Å². The molecule has 2 fully saturated rings. The van der Waals surface area contributed by atoms with Crippen molar-refractivity contribution in [3.05, 3.63) is 30.3 Å². The van der Waals surface area contributed by atoms with Crippen LogP contribution >= 0.6 is 0 Å². The highest BCUT2D eigenvalue weighted by atomic mass is 16.2. The van der Waals surface area contributed by atoms with Gasteiger partial charge in [-0.1, -0.05) is 66.2 Å². The summed E-state index contributed by atoms with van der Waals surface area (Å²) in [5, 5.41) is 2.98. The highest BCUT2D eigenvalue weighted by Gasteiger charge is 2.54. The number of benzene rings is 1. The van der Waals surface area contributed by atoms with Crippen molar-refractivity contribution in [3.8, 4) is 0 Å². The first-order valence-electron chi connectivity index (χ1n) is 13.6. The Labute approximate surface area is 217 Å². The zero-order valence-electron chi connectivity index (χ0n) is 23.2. The molecule has 7 heteroatoms. The first-order valence-corrected chi connectivity index (χ1v) is 13.6. The maximum atomic E-state index is 13.8. The molecule has 2 aliphatic rings. The van der Waals surface area contributed by atoms with Crippen molar-refractivity contribution in [2.24, 2.45) is 17.3 Å². The molecule has 1 spiro atoms. The molecule has 0 bridgehead atoms. The van der Waals surface area contributed by atoms with Crippen LogP contribution in [-0.2, 0) is 14.4 Å². The Morgan fingerprint density at radius 3 is 2.28 bits per heavy atom. The number of piperidine rings is 1. The van der Waals surface area contributed by atoms with Crippen LogP contribution in [0.25, 0.3) is 0 Å². The summed E-state index contributed by atoms with van der Waals surface area (Å²) >= 11 is 0. The van der Waals surface area contributed by atoms with Crippen molar-refractivity contribution in [1.82, 2.24) is 15.1 Å². The number of rotatable bonds is 9. The Morgan fingerprint density at radius 1 is 1.06 bits per heavy atom. The van der Waals surface area contributed by atoms with Gasteiger partial charge < -0.3 is 20.0 Å². The van der Waals surface area contributed by atoms with E-state index in [0.717, 1.165) is 18.5 Å². The molecule has 0 aromatic heterocycles. The summed E-state index contributed by atoms with van der Waals surface area (Å²) in [5.41, 5.74) is 0.459. The number of hydrogen-bond donors (Lipinski definition) is 1. The van der Waals surface area contributed by atoms with Gasteiger partial charge in [0.25, 0.3) is 5.91 Å². The van der Waals surface area contributed by atoms with Crippen LogP contribution in [0, 0.1) is 17.3 Å². The minimum absolute atomic E-state index is 0.00163. The van der Waals surface area contributed by atoms with Crippen LogP contribution < -0.4 is 10.2 Å². The molecule has 7 nitrogen and oxygen atoms in total. The second-order valence-corrected chi connectivity index (χ2v) is 12.2. The normalized spacial score (nSPS) is 19.5. The van der Waals surface area contributed by atoms with E-state index in [1.54, 1.807) is 4.90 Å². The average molecular weight is 499 g/mol. The predicted octanol–water partition coefficient (Wildman–Crippen LogP) is 4.28. The van der Waals surface area contributed by atoms with Crippen LogP contribution in [0.3, 0.4) is 0 Å². The lowest BCUT2D eigenvalue weighted by atomic mass is 9.83. The maximum absolute atomic E-state index is 13.8. The number of anilines is 1. The first-order chi connectivity index (χ1) is 16.9. The van der Waals surface area contributed by atoms with Crippen molar-refractivity contribution in [2.45, 2.75) is 79.2 Å². The van der Waals surface area contributed by atoms with Gasteiger partial charge in [-0.25, -0.2) is 0 Å². The Balaban J connectivity index is 1.70. The van der Waals surface area contributed by atoms with E-state index in [9.17, 15) is 14.4 Å². The third-order valence-electron chi connectivity index (χ3n) is 7.69. The summed E-state index contributed by atoms with van der Waals surface area (Å²) in [7, 11) is 0. The van der Waals surface area contributed by atoms with E-state index >= 15 is 0 Å². The molecule has 2 aliphatic heterocycles. The fraction of sp³-hybridized carbons (Fsp3) is 0.690. The third-order valence-corrected chi connectivity index (χ3v) is 7.69. The van der Waals surface area contributed by atoms with Crippen molar-refractivity contribution in [1.29, 1.82) is 0 Å². The first kappa shape index (κ1) is 28.0. The highest BCUT2D eigenvalue weighted by molar-refractivity contribution is 5.96. The fourth-order valence-corrected chi connectivity index (χ4v) is 5.65. The van der Waals surface area contributed by atoms with Gasteiger partial charge in [0.1, 0.15) is 12.1 Å². The molecule has 0 radical (unpaired) electrons. The Kier molecular flexibility index (Phi) is 9.07. The summed E-state index contributed by atoms with van der Waals surface area (Å²) in [6, 6.07) is 9.96. The van der Waals surface area contributed by atoms with Gasteiger partial charge in [-0.2, -0.15) is 0 Å². The third kappa shape index (κ3) is 6.80. The van der Waals surface area contributed by atoms with Gasteiger partial charge in [0, 0.05) is 31.7 Å². The largest absolute Gasteiger partial charge is 0.354 e. The van der Waals surface area contributed by atoms with Gasteiger partial charge in [-0.3, -0.25) is 14.4 Å². The van der Waals surface area contributed by atoms with E-state index in [2.05, 4.69) is 51.8 Å². The number of nitrogens with zero attached hydrogens (tertiary/aromatic N) is 3. The van der Waals surface area contributed by atoms with Gasteiger partial charge in [0.15, 0.2) is 0 Å². The van der Waals surface area contributed by atoms with Crippen molar-refractivity contribution in [2.75, 3.05) is 37.7 Å². The zero-order chi connectivity index (χ0) is 26.5. The summed E-state index contributed by atoms with van der Waals surface area (Å²) in [5.74, 6) is 0.794. The lowest BCUT2D eigenvalue weighted by Gasteiger charge is -2.43. The molecular weight excluding hydrogens is 452 g/mol. The van der Waals surface area contributed by atoms with Gasteiger partial charge in [-0.15, -0.1) is 0 Å². The van der Waals surface area contributed by atoms with E-state index in [0.29, 0.717) is 57.4 Å². The number of nitrogens with one attached hydrogen (secondary N) is 1. The van der Waals surface area contributed by atoms with E-state index in [-0.39, 0.29) is 29.7 Å². The molecule has 2 atom stereocenters. The number of para-hydroxylation sites is 1. The lowest BCUT2D eigenvalue weighted by Crippen LogP contribution is -2.57. The average Bonchev–Trinajstić information content (AvgIpc) is 3.08. The SMILES string of the molecule is CCC(C)CNC(=O)CN1CN(c2ccccc2)C2(CCN(C(=O)CC(C)CC(C)(C)C)CC2)C1=O. The molecular formula is C29H46N4O3. The minimum Gasteiger partial charge on any atom is -0.354 e. The highest BCUT2D eigenvalue weighted by Crippen LogP contribution is 2.39. The topological polar surface area (TPSA) is 73.0 Å². The molecule has 3 amide bonds. The van der Waals surface area contributed by atoms with E-state index in [4.69, 9.17) is 0 Å². The second kappa shape index (κ2) is 11.7. The fourth-order valence-electron chi connectivity index (χ4n) is 5.65. The molecule has 1 aromatic carbocycles. The summed E-state index contributed by atoms with van der Waals surface area (Å²) in [4.78, 5) is 45.3. The Bertz CT molecular complexity index is 903. The quantitative estimate of drug-likeness (QED) is 0.552. The smallest absolute Gasteiger partial charge is 0.250 e. The summed E-state index contributed by atoms with van der Waals surface area (Å²) < 4.78 is 0. The maximum Gasteiger partial charge on any atom is 0.250 e. The molecule has 2 heterocycles. The summed E-state index contributed by atoms with van der Waals surface area (Å²) in [6.07, 6.45) is 3.70. The molecule has 2 unspecified atom stereocenters. The van der Waals surface area contributed by atoms with Gasteiger partial charge in [0.2, 0.25) is 11.8 Å². The van der Waals surface area contributed by atoms with Gasteiger partial charge in [0.05, 0.1) is 6.67 Å². The second-order valence-electron chi connectivity index (χ2n) is 12.2. The molecule has 1 aromatic rings. The van der Waals surface area contributed by atoms with Crippen molar-refractivity contribution < 1.29 is 14.4 Å². The molecule has 200 valence electrons. The van der Waals surface area contributed by atoms with Crippen LogP contribution in [0.5, 0.6) is 0 Å². The van der Waals surface area contributed by atoms with Gasteiger partial charge >= 0.3 is 0 Å². The van der Waals surface area contributed by atoms with E-state index in [1.165, 1.54) is 0 Å². The molecule has 1 N–H and O–H groups in total. The Morgan fingerprint density at radius 2 is 1.69 bits per heavy atom. The summed E-state index contributed by atoms with van der Waals surface area (Å²) in [6.45, 7) is 15.2. The van der Waals surface area contributed by atoms with Crippen molar-refractivity contribution >= 4 is 23.4 Å². The Hall–Kier alpha value is -2.57.